The molecule has 2 heterocycles. The molecule has 4 rings (SSSR count). The number of hydrogen-bond donors (Lipinski definition) is 1. The van der Waals surface area contributed by atoms with Crippen LogP contribution in [0.5, 0.6) is 0 Å². The summed E-state index contributed by atoms with van der Waals surface area (Å²) in [5.74, 6) is 0.799. The molecule has 5 heteroatoms. The van der Waals surface area contributed by atoms with Gasteiger partial charge in [-0.15, -0.1) is 10.2 Å². The lowest BCUT2D eigenvalue weighted by molar-refractivity contribution is 0.819. The molecule has 0 aliphatic heterocycles. The van der Waals surface area contributed by atoms with Crippen molar-refractivity contribution in [3.63, 3.8) is 0 Å². The summed E-state index contributed by atoms with van der Waals surface area (Å²) in [6.45, 7) is 2.59. The Labute approximate surface area is 127 Å². The number of benzene rings is 2. The summed E-state index contributed by atoms with van der Waals surface area (Å²) in [6, 6.07) is 18.2. The van der Waals surface area contributed by atoms with Crippen molar-refractivity contribution in [3.05, 3.63) is 66.1 Å². The Morgan fingerprint density at radius 1 is 0.909 bits per heavy atom. The predicted molar refractivity (Wildman–Crippen MR) is 86.8 cm³/mol. The summed E-state index contributed by atoms with van der Waals surface area (Å²) in [7, 11) is 0. The number of hydrogen-bond acceptors (Lipinski definition) is 4. The smallest absolute Gasteiger partial charge is 0.185 e. The highest BCUT2D eigenvalue weighted by Crippen LogP contribution is 2.20. The lowest BCUT2D eigenvalue weighted by atomic mass is 10.1. The zero-order valence-electron chi connectivity index (χ0n) is 12.2. The van der Waals surface area contributed by atoms with Gasteiger partial charge in [0.2, 0.25) is 0 Å². The van der Waals surface area contributed by atoms with Crippen LogP contribution in [-0.2, 0) is 6.54 Å². The Morgan fingerprint density at radius 3 is 2.45 bits per heavy atom. The minimum atomic E-state index is 0.579. The standard InChI is InChI=1S/C17H15N5/c1-12-14-9-5-6-10-15(14)17-20-19-16(22(17)21-12)11-18-13-7-3-2-4-8-13/h2-10,18H,11H2,1H3. The number of aromatic nitrogens is 4. The van der Waals surface area contributed by atoms with Crippen molar-refractivity contribution in [1.82, 2.24) is 19.8 Å². The minimum absolute atomic E-state index is 0.579. The van der Waals surface area contributed by atoms with E-state index in [1.165, 1.54) is 0 Å². The molecule has 0 atom stereocenters. The van der Waals surface area contributed by atoms with Crippen molar-refractivity contribution in [1.29, 1.82) is 0 Å². The van der Waals surface area contributed by atoms with Crippen molar-refractivity contribution in [2.24, 2.45) is 0 Å². The number of anilines is 1. The molecule has 0 radical (unpaired) electrons. The molecule has 0 aliphatic rings. The number of fused-ring (bicyclic) bond motifs is 3. The van der Waals surface area contributed by atoms with Crippen molar-refractivity contribution in [3.8, 4) is 0 Å². The van der Waals surface area contributed by atoms with Gasteiger partial charge in [0.25, 0.3) is 0 Å². The van der Waals surface area contributed by atoms with Crippen LogP contribution < -0.4 is 5.32 Å². The van der Waals surface area contributed by atoms with Crippen molar-refractivity contribution >= 4 is 22.1 Å². The quantitative estimate of drug-likeness (QED) is 0.629. The van der Waals surface area contributed by atoms with Gasteiger partial charge >= 0.3 is 0 Å². The number of nitrogens with one attached hydrogen (secondary N) is 1. The normalized spacial score (nSPS) is 11.1. The zero-order chi connectivity index (χ0) is 14.9. The summed E-state index contributed by atoms with van der Waals surface area (Å²) >= 11 is 0. The molecule has 0 bridgehead atoms. The van der Waals surface area contributed by atoms with Gasteiger partial charge in [-0.3, -0.25) is 0 Å². The highest BCUT2D eigenvalue weighted by Gasteiger charge is 2.11. The van der Waals surface area contributed by atoms with Gasteiger partial charge in [-0.1, -0.05) is 42.5 Å². The lowest BCUT2D eigenvalue weighted by Gasteiger charge is -2.06. The number of aryl methyl sites for hydroxylation is 1. The molecule has 4 aromatic rings. The molecular formula is C17H15N5. The van der Waals surface area contributed by atoms with Crippen LogP contribution in [0.3, 0.4) is 0 Å². The summed E-state index contributed by atoms with van der Waals surface area (Å²) < 4.78 is 1.83. The van der Waals surface area contributed by atoms with Gasteiger partial charge in [0.15, 0.2) is 11.5 Å². The van der Waals surface area contributed by atoms with Crippen LogP contribution in [0, 0.1) is 6.92 Å². The van der Waals surface area contributed by atoms with Crippen LogP contribution in [0.1, 0.15) is 11.5 Å². The average Bonchev–Trinajstić information content (AvgIpc) is 2.97. The van der Waals surface area contributed by atoms with Crippen molar-refractivity contribution < 1.29 is 0 Å². The number of para-hydroxylation sites is 1. The molecule has 0 unspecified atom stereocenters. The van der Waals surface area contributed by atoms with E-state index in [0.717, 1.165) is 33.6 Å². The van der Waals surface area contributed by atoms with E-state index in [-0.39, 0.29) is 0 Å². The fourth-order valence-electron chi connectivity index (χ4n) is 2.63. The van der Waals surface area contributed by atoms with E-state index in [1.807, 2.05) is 53.9 Å². The third-order valence-electron chi connectivity index (χ3n) is 3.74. The average molecular weight is 289 g/mol. The molecule has 1 N–H and O–H groups in total. The summed E-state index contributed by atoms with van der Waals surface area (Å²) in [4.78, 5) is 0. The Bertz CT molecular complexity index is 943. The summed E-state index contributed by atoms with van der Waals surface area (Å²) in [5.41, 5.74) is 2.83. The maximum absolute atomic E-state index is 4.63. The second-order valence-electron chi connectivity index (χ2n) is 5.20. The van der Waals surface area contributed by atoms with E-state index in [0.29, 0.717) is 6.54 Å². The van der Waals surface area contributed by atoms with Gasteiger partial charge in [0, 0.05) is 16.5 Å². The first-order valence-electron chi connectivity index (χ1n) is 7.21. The first-order valence-corrected chi connectivity index (χ1v) is 7.21. The largest absolute Gasteiger partial charge is 0.378 e. The maximum atomic E-state index is 4.63. The first-order chi connectivity index (χ1) is 10.8. The molecule has 0 spiro atoms. The molecule has 0 aliphatic carbocycles. The predicted octanol–water partition coefficient (Wildman–Crippen LogP) is 3.20. The molecule has 0 saturated heterocycles. The third kappa shape index (κ3) is 2.07. The van der Waals surface area contributed by atoms with Gasteiger partial charge in [-0.25, -0.2) is 0 Å². The van der Waals surface area contributed by atoms with E-state index in [4.69, 9.17) is 0 Å². The van der Waals surface area contributed by atoms with Crippen LogP contribution in [0.2, 0.25) is 0 Å². The van der Waals surface area contributed by atoms with E-state index in [2.05, 4.69) is 32.7 Å². The number of nitrogens with zero attached hydrogens (tertiary/aromatic N) is 4. The van der Waals surface area contributed by atoms with E-state index in [1.54, 1.807) is 0 Å². The van der Waals surface area contributed by atoms with Crippen molar-refractivity contribution in [2.45, 2.75) is 13.5 Å². The molecule has 2 aromatic heterocycles. The molecule has 22 heavy (non-hydrogen) atoms. The van der Waals surface area contributed by atoms with E-state index in [9.17, 15) is 0 Å². The van der Waals surface area contributed by atoms with Crippen molar-refractivity contribution in [2.75, 3.05) is 5.32 Å². The van der Waals surface area contributed by atoms with E-state index >= 15 is 0 Å². The first kappa shape index (κ1) is 12.8. The van der Waals surface area contributed by atoms with E-state index < -0.39 is 0 Å². The highest BCUT2D eigenvalue weighted by atomic mass is 15.4. The zero-order valence-corrected chi connectivity index (χ0v) is 12.2. The fraction of sp³-hybridized carbons (Fsp3) is 0.118. The third-order valence-corrected chi connectivity index (χ3v) is 3.74. The van der Waals surface area contributed by atoms with Gasteiger partial charge in [0.05, 0.1) is 12.2 Å². The minimum Gasteiger partial charge on any atom is -0.378 e. The molecule has 0 fully saturated rings. The Balaban J connectivity index is 1.76. The van der Waals surface area contributed by atoms with Crippen LogP contribution in [0.15, 0.2) is 54.6 Å². The fourth-order valence-corrected chi connectivity index (χ4v) is 2.63. The number of rotatable bonds is 3. The van der Waals surface area contributed by atoms with Gasteiger partial charge in [-0.2, -0.15) is 9.61 Å². The molecule has 0 saturated carbocycles. The van der Waals surface area contributed by atoms with Gasteiger partial charge in [-0.05, 0) is 19.1 Å². The summed E-state index contributed by atoms with van der Waals surface area (Å²) in [5, 5.41) is 18.8. The van der Waals surface area contributed by atoms with Crippen LogP contribution >= 0.6 is 0 Å². The van der Waals surface area contributed by atoms with Gasteiger partial charge < -0.3 is 5.32 Å². The monoisotopic (exact) mass is 289 g/mol. The lowest BCUT2D eigenvalue weighted by Crippen LogP contribution is -2.07. The maximum Gasteiger partial charge on any atom is 0.185 e. The Hall–Kier alpha value is -2.95. The highest BCUT2D eigenvalue weighted by molar-refractivity contribution is 5.94. The molecule has 5 nitrogen and oxygen atoms in total. The molecule has 2 aromatic carbocycles. The molecule has 108 valence electrons. The van der Waals surface area contributed by atoms with Crippen LogP contribution in [-0.4, -0.2) is 19.8 Å². The second kappa shape index (κ2) is 5.11. The van der Waals surface area contributed by atoms with Gasteiger partial charge in [0.1, 0.15) is 0 Å². The second-order valence-corrected chi connectivity index (χ2v) is 5.20. The topological polar surface area (TPSA) is 55.1 Å². The van der Waals surface area contributed by atoms with Crippen LogP contribution in [0.25, 0.3) is 16.4 Å². The summed E-state index contributed by atoms with van der Waals surface area (Å²) in [6.07, 6.45) is 0. The Morgan fingerprint density at radius 2 is 1.64 bits per heavy atom. The van der Waals surface area contributed by atoms with Crippen LogP contribution in [0.4, 0.5) is 5.69 Å². The molecule has 0 amide bonds. The molecular weight excluding hydrogens is 274 g/mol. The SMILES string of the molecule is Cc1nn2c(CNc3ccccc3)nnc2c2ccccc12. The Kier molecular flexibility index (Phi) is 2.96.